The number of aliphatic hydroxyl groups is 1. The second-order valence-corrected chi connectivity index (χ2v) is 7.43. The number of nitrogens with one attached hydrogen (secondary N) is 1. The average molecular weight is 311 g/mol. The van der Waals surface area contributed by atoms with Crippen molar-refractivity contribution in [3.8, 4) is 0 Å². The normalized spacial score (nSPS) is 14.9. The molecule has 1 heterocycles. The topological polar surface area (TPSA) is 66.4 Å². The molecule has 0 aliphatic heterocycles. The molecule has 1 aromatic carbocycles. The van der Waals surface area contributed by atoms with Crippen LogP contribution in [0.5, 0.6) is 0 Å². The molecule has 0 unspecified atom stereocenters. The van der Waals surface area contributed by atoms with E-state index in [0.29, 0.717) is 0 Å². The van der Waals surface area contributed by atoms with Gasteiger partial charge in [-0.05, 0) is 22.9 Å². The molecule has 0 saturated heterocycles. The summed E-state index contributed by atoms with van der Waals surface area (Å²) in [7, 11) is -3.57. The molecule has 4 nitrogen and oxygen atoms in total. The summed E-state index contributed by atoms with van der Waals surface area (Å²) < 4.78 is 27.2. The smallest absolute Gasteiger partial charge is 0.250 e. The van der Waals surface area contributed by atoms with Gasteiger partial charge in [0.25, 0.3) is 0 Å². The Morgan fingerprint density at radius 3 is 2.45 bits per heavy atom. The zero-order chi connectivity index (χ0) is 14.6. The van der Waals surface area contributed by atoms with Crippen molar-refractivity contribution in [1.29, 1.82) is 0 Å². The Labute approximate surface area is 123 Å². The number of aliphatic hydroxyl groups excluding tert-OH is 1. The lowest BCUT2D eigenvalue weighted by Gasteiger charge is -2.23. The van der Waals surface area contributed by atoms with Gasteiger partial charge in [0.15, 0.2) is 0 Å². The fraction of sp³-hybridized carbons (Fsp3) is 0.286. The van der Waals surface area contributed by atoms with Crippen LogP contribution in [0.4, 0.5) is 0 Å². The lowest BCUT2D eigenvalue weighted by atomic mass is 9.94. The van der Waals surface area contributed by atoms with E-state index in [9.17, 15) is 13.5 Å². The van der Waals surface area contributed by atoms with Gasteiger partial charge in [0.1, 0.15) is 4.21 Å². The molecule has 1 aromatic heterocycles. The Hall–Kier alpha value is -1.21. The first-order valence-electron chi connectivity index (χ1n) is 6.26. The fourth-order valence-corrected chi connectivity index (χ4v) is 4.28. The van der Waals surface area contributed by atoms with E-state index in [4.69, 9.17) is 0 Å². The van der Waals surface area contributed by atoms with Crippen LogP contribution in [0.15, 0.2) is 52.1 Å². The van der Waals surface area contributed by atoms with Gasteiger partial charge in [-0.1, -0.05) is 43.3 Å². The van der Waals surface area contributed by atoms with Crippen LogP contribution >= 0.6 is 11.3 Å². The van der Waals surface area contributed by atoms with Crippen molar-refractivity contribution in [3.05, 3.63) is 53.4 Å². The highest BCUT2D eigenvalue weighted by molar-refractivity contribution is 7.91. The predicted molar refractivity (Wildman–Crippen MR) is 80.4 cm³/mol. The zero-order valence-corrected chi connectivity index (χ0v) is 12.7. The van der Waals surface area contributed by atoms with E-state index in [1.165, 1.54) is 0 Å². The van der Waals surface area contributed by atoms with Crippen molar-refractivity contribution in [2.24, 2.45) is 0 Å². The first-order valence-corrected chi connectivity index (χ1v) is 8.62. The number of hydrogen-bond donors (Lipinski definition) is 2. The van der Waals surface area contributed by atoms with E-state index in [0.717, 1.165) is 16.9 Å². The van der Waals surface area contributed by atoms with Crippen LogP contribution in [0.3, 0.4) is 0 Å². The Kier molecular flexibility index (Phi) is 4.93. The third-order valence-electron chi connectivity index (χ3n) is 3.19. The monoisotopic (exact) mass is 311 g/mol. The molecule has 2 N–H and O–H groups in total. The molecule has 0 amide bonds. The molecule has 2 aromatic rings. The van der Waals surface area contributed by atoms with Gasteiger partial charge in [-0.25, -0.2) is 13.1 Å². The maximum absolute atomic E-state index is 12.2. The third kappa shape index (κ3) is 3.46. The zero-order valence-electron chi connectivity index (χ0n) is 11.1. The molecule has 0 bridgehead atoms. The molecule has 6 heteroatoms. The maximum atomic E-state index is 12.2. The summed E-state index contributed by atoms with van der Waals surface area (Å²) in [6.45, 7) is 1.65. The Morgan fingerprint density at radius 1 is 1.20 bits per heavy atom. The van der Waals surface area contributed by atoms with Crippen molar-refractivity contribution in [2.45, 2.75) is 23.1 Å². The van der Waals surface area contributed by atoms with Gasteiger partial charge >= 0.3 is 0 Å². The van der Waals surface area contributed by atoms with Crippen LogP contribution in [-0.2, 0) is 10.0 Å². The summed E-state index contributed by atoms with van der Waals surface area (Å²) in [6.07, 6.45) is 0. The molecule has 0 radical (unpaired) electrons. The van der Waals surface area contributed by atoms with E-state index in [1.807, 2.05) is 37.3 Å². The van der Waals surface area contributed by atoms with E-state index in [2.05, 4.69) is 4.72 Å². The van der Waals surface area contributed by atoms with Gasteiger partial charge in [0, 0.05) is 0 Å². The fourth-order valence-electron chi connectivity index (χ4n) is 1.96. The van der Waals surface area contributed by atoms with E-state index in [-0.39, 0.29) is 16.7 Å². The quantitative estimate of drug-likeness (QED) is 0.859. The Bertz CT molecular complexity index is 624. The lowest BCUT2D eigenvalue weighted by molar-refractivity contribution is 0.242. The van der Waals surface area contributed by atoms with Gasteiger partial charge in [-0.3, -0.25) is 0 Å². The van der Waals surface area contributed by atoms with Crippen molar-refractivity contribution < 1.29 is 13.5 Å². The highest BCUT2D eigenvalue weighted by Gasteiger charge is 2.25. The first kappa shape index (κ1) is 15.2. The van der Waals surface area contributed by atoms with Crippen LogP contribution in [-0.4, -0.2) is 26.2 Å². The van der Waals surface area contributed by atoms with Gasteiger partial charge in [-0.15, -0.1) is 11.3 Å². The van der Waals surface area contributed by atoms with Crippen molar-refractivity contribution in [3.63, 3.8) is 0 Å². The second kappa shape index (κ2) is 6.49. The highest BCUT2D eigenvalue weighted by Crippen LogP contribution is 2.22. The molecule has 2 rings (SSSR count). The number of benzene rings is 1. The third-order valence-corrected chi connectivity index (χ3v) is 6.08. The largest absolute Gasteiger partial charge is 0.395 e. The summed E-state index contributed by atoms with van der Waals surface area (Å²) in [4.78, 5) is 0. The lowest BCUT2D eigenvalue weighted by Crippen LogP contribution is -2.40. The molecular weight excluding hydrogens is 294 g/mol. The van der Waals surface area contributed by atoms with Gasteiger partial charge in [-0.2, -0.15) is 0 Å². The molecule has 0 aliphatic carbocycles. The predicted octanol–water partition coefficient (Wildman–Crippen LogP) is 2.19. The van der Waals surface area contributed by atoms with Crippen LogP contribution in [0, 0.1) is 0 Å². The molecular formula is C14H17NO3S2. The van der Waals surface area contributed by atoms with Crippen LogP contribution in [0.25, 0.3) is 0 Å². The van der Waals surface area contributed by atoms with Gasteiger partial charge in [0.2, 0.25) is 10.0 Å². The van der Waals surface area contributed by atoms with Crippen LogP contribution in [0.2, 0.25) is 0 Å². The van der Waals surface area contributed by atoms with Gasteiger partial charge in [0.05, 0.1) is 12.6 Å². The summed E-state index contributed by atoms with van der Waals surface area (Å²) in [6, 6.07) is 12.2. The maximum Gasteiger partial charge on any atom is 0.250 e. The van der Waals surface area contributed by atoms with Crippen molar-refractivity contribution in [2.75, 3.05) is 6.61 Å². The molecule has 20 heavy (non-hydrogen) atoms. The second-order valence-electron chi connectivity index (χ2n) is 4.54. The summed E-state index contributed by atoms with van der Waals surface area (Å²) in [5.74, 6) is -0.115. The summed E-state index contributed by atoms with van der Waals surface area (Å²) in [5, 5.41) is 11.2. The van der Waals surface area contributed by atoms with E-state index < -0.39 is 16.1 Å². The number of hydrogen-bond acceptors (Lipinski definition) is 4. The highest BCUT2D eigenvalue weighted by atomic mass is 32.2. The summed E-state index contributed by atoms with van der Waals surface area (Å²) >= 11 is 1.16. The minimum atomic E-state index is -3.57. The number of sulfonamides is 1. The summed E-state index contributed by atoms with van der Waals surface area (Å²) in [5.41, 5.74) is 0.987. The first-order chi connectivity index (χ1) is 9.54. The minimum absolute atomic E-state index is 0.115. The van der Waals surface area contributed by atoms with Crippen molar-refractivity contribution in [1.82, 2.24) is 4.72 Å². The van der Waals surface area contributed by atoms with E-state index >= 15 is 0 Å². The van der Waals surface area contributed by atoms with Crippen LogP contribution < -0.4 is 4.72 Å². The van der Waals surface area contributed by atoms with E-state index in [1.54, 1.807) is 17.5 Å². The number of thiophene rings is 1. The van der Waals surface area contributed by atoms with Gasteiger partial charge < -0.3 is 5.11 Å². The molecule has 0 spiro atoms. The molecule has 0 saturated carbocycles. The molecule has 2 atom stereocenters. The molecule has 108 valence electrons. The average Bonchev–Trinajstić information content (AvgIpc) is 3.00. The Balaban J connectivity index is 2.18. The van der Waals surface area contributed by atoms with Crippen LogP contribution in [0.1, 0.15) is 18.4 Å². The van der Waals surface area contributed by atoms with Crippen molar-refractivity contribution >= 4 is 21.4 Å². The standard InChI is InChI=1S/C14H17NO3S2/c1-11(12-6-3-2-4-7-12)13(10-16)15-20(17,18)14-8-5-9-19-14/h2-9,11,13,15-16H,10H2,1H3/t11-,13+/m0/s1. The number of rotatable bonds is 6. The minimum Gasteiger partial charge on any atom is -0.395 e. The SMILES string of the molecule is C[C@@H](c1ccccc1)[C@@H](CO)NS(=O)(=O)c1cccs1. The molecule has 0 aliphatic rings. The Morgan fingerprint density at radius 2 is 1.90 bits per heavy atom. The molecule has 0 fully saturated rings.